The van der Waals surface area contributed by atoms with E-state index < -0.39 is 5.41 Å². The zero-order chi connectivity index (χ0) is 60.6. The highest BCUT2D eigenvalue weighted by Crippen LogP contribution is 2.58. The molecule has 6 heterocycles. The van der Waals surface area contributed by atoms with Crippen molar-refractivity contribution in [2.75, 3.05) is 19.6 Å². The largest absolute Gasteiger partial charge is 0.458 e. The Morgan fingerprint density at radius 1 is 0.247 bits per heavy atom. The molecule has 0 amide bonds. The molecule has 21 rings (SSSR count). The molecule has 0 atom stereocenters. The highest BCUT2D eigenvalue weighted by molar-refractivity contribution is 7.05. The van der Waals surface area contributed by atoms with Gasteiger partial charge in [0.15, 0.2) is 0 Å². The van der Waals surface area contributed by atoms with Crippen LogP contribution in [-0.2, 0) is 5.41 Å². The van der Waals surface area contributed by atoms with Crippen LogP contribution in [-0.4, -0.2) is 20.1 Å². The molecule has 5 nitrogen and oxygen atoms in total. The molecule has 0 radical (unpaired) electrons. The quantitative estimate of drug-likeness (QED) is 0.154. The van der Waals surface area contributed by atoms with E-state index in [0.717, 1.165) is 67.9 Å². The SMILES string of the molecule is c1ccc(N2c3ccccc3B3c4cc5c(cc4Oc4cc(-c6ccc7c(c6)-c6ccccc6C7(c6ccccc6)c6ccccc6)cc2c43)N(c2ccccc2)c2cc3c4c6c2B5c2ccccc2N6c2ccccc2B4c2ccccc2N3c2ccccc2)cc1. The smallest absolute Gasteiger partial charge is 0.256 e. The van der Waals surface area contributed by atoms with Crippen molar-refractivity contribution in [2.45, 2.75) is 5.41 Å². The summed E-state index contributed by atoms with van der Waals surface area (Å²) < 4.78 is 7.81. The average Bonchev–Trinajstić information content (AvgIpc) is 1.21. The molecule has 7 aliphatic rings. The number of nitrogens with zero attached hydrogens (tertiary/aromatic N) is 4. The maximum Gasteiger partial charge on any atom is 0.256 e. The van der Waals surface area contributed by atoms with Crippen LogP contribution in [0.1, 0.15) is 22.3 Å². The zero-order valence-electron chi connectivity index (χ0n) is 50.5. The van der Waals surface area contributed by atoms with E-state index in [1.165, 1.54) is 106 Å². The normalized spacial score (nSPS) is 14.5. The van der Waals surface area contributed by atoms with Gasteiger partial charge in [-0.2, -0.15) is 0 Å². The van der Waals surface area contributed by atoms with Crippen LogP contribution in [0.3, 0.4) is 0 Å². The van der Waals surface area contributed by atoms with Gasteiger partial charge in [-0.1, -0.05) is 231 Å². The average molecular weight is 1180 g/mol. The second-order valence-electron chi connectivity index (χ2n) is 25.7. The number of fused-ring (bicyclic) bond motifs is 17. The Balaban J connectivity index is 0.817. The van der Waals surface area contributed by atoms with Gasteiger partial charge in [-0.15, -0.1) is 0 Å². The van der Waals surface area contributed by atoms with Crippen molar-refractivity contribution in [1.82, 2.24) is 0 Å². The van der Waals surface area contributed by atoms with Crippen LogP contribution < -0.4 is 73.5 Å². The number of ether oxygens (including phenoxy) is 1. The van der Waals surface area contributed by atoms with Crippen LogP contribution in [0, 0.1) is 0 Å². The molecule has 14 aromatic carbocycles. The molecule has 0 saturated heterocycles. The van der Waals surface area contributed by atoms with E-state index in [1.807, 2.05) is 0 Å². The Morgan fingerprint density at radius 3 is 1.20 bits per heavy atom. The van der Waals surface area contributed by atoms with Crippen LogP contribution in [0.4, 0.5) is 68.2 Å². The van der Waals surface area contributed by atoms with Gasteiger partial charge in [0.2, 0.25) is 0 Å². The summed E-state index contributed by atoms with van der Waals surface area (Å²) in [6.07, 6.45) is 0. The first-order valence-corrected chi connectivity index (χ1v) is 32.5. The molecule has 14 aromatic rings. The van der Waals surface area contributed by atoms with Crippen molar-refractivity contribution in [3.63, 3.8) is 0 Å². The standard InChI is InChI=1S/C85H53B3N4O/c1-6-26-56(27-7-1)85(57-28-8-2-9-29-57)63-37-17-16-36-61(63)62-48-54(46-47-64(62)85)55-49-76-81-80(50-55)93-79-53-75-69(51-70(79)88(81)66-39-19-23-43-72(66)89(76)58-30-10-3-11-31-58)87-68-41-21-25-45-74(68)92-73-44-24-20-40-67(73)86-65-38-18-22-42-71(65)90(59-32-12-4-13-33-59)77-52-78(83(87)84(92)82(77)86)91(75)60-34-14-5-15-35-60/h1-53H. The predicted octanol–water partition coefficient (Wildman–Crippen LogP) is 14.8. The van der Waals surface area contributed by atoms with Crippen molar-refractivity contribution < 1.29 is 4.74 Å². The molecule has 0 fully saturated rings. The number of para-hydroxylation sites is 7. The van der Waals surface area contributed by atoms with E-state index in [9.17, 15) is 0 Å². The van der Waals surface area contributed by atoms with Crippen LogP contribution in [0.2, 0.25) is 0 Å². The summed E-state index contributed by atoms with van der Waals surface area (Å²) in [5.41, 5.74) is 34.6. The van der Waals surface area contributed by atoms with Gasteiger partial charge in [0.05, 0.1) is 5.41 Å². The van der Waals surface area contributed by atoms with Gasteiger partial charge < -0.3 is 24.3 Å². The van der Waals surface area contributed by atoms with Gasteiger partial charge in [0.25, 0.3) is 20.1 Å². The second-order valence-corrected chi connectivity index (χ2v) is 25.7. The number of anilines is 12. The Kier molecular flexibility index (Phi) is 10.5. The number of hydrogen-bond acceptors (Lipinski definition) is 5. The van der Waals surface area contributed by atoms with Crippen LogP contribution in [0.25, 0.3) is 22.3 Å². The third-order valence-corrected chi connectivity index (χ3v) is 21.3. The monoisotopic (exact) mass is 1180 g/mol. The third-order valence-electron chi connectivity index (χ3n) is 21.3. The van der Waals surface area contributed by atoms with Crippen LogP contribution in [0.15, 0.2) is 322 Å². The fourth-order valence-corrected chi connectivity index (χ4v) is 17.8. The Labute approximate surface area is 541 Å². The summed E-state index contributed by atoms with van der Waals surface area (Å²) in [6, 6.07) is 120. The molecule has 6 aliphatic heterocycles. The first-order valence-electron chi connectivity index (χ1n) is 32.5. The zero-order valence-corrected chi connectivity index (χ0v) is 50.5. The summed E-state index contributed by atoms with van der Waals surface area (Å²) in [5, 5.41) is 0. The van der Waals surface area contributed by atoms with Crippen molar-refractivity contribution in [3.05, 3.63) is 344 Å². The lowest BCUT2D eigenvalue weighted by Crippen LogP contribution is -2.69. The molecular formula is C85H53B3N4O. The highest BCUT2D eigenvalue weighted by atomic mass is 16.5. The molecule has 8 heteroatoms. The lowest BCUT2D eigenvalue weighted by molar-refractivity contribution is 0.488. The van der Waals surface area contributed by atoms with Crippen LogP contribution in [0.5, 0.6) is 11.5 Å². The second kappa shape index (κ2) is 19.2. The maximum absolute atomic E-state index is 7.81. The van der Waals surface area contributed by atoms with E-state index in [4.69, 9.17) is 4.74 Å². The van der Waals surface area contributed by atoms with Crippen LogP contribution >= 0.6 is 0 Å². The first-order chi connectivity index (χ1) is 46.2. The number of rotatable bonds is 6. The Hall–Kier alpha value is -11.7. The van der Waals surface area contributed by atoms with Gasteiger partial charge in [-0.3, -0.25) is 0 Å². The molecular weight excluding hydrogens is 1130 g/mol. The molecule has 0 aromatic heterocycles. The minimum Gasteiger partial charge on any atom is -0.458 e. The molecule has 93 heavy (non-hydrogen) atoms. The maximum atomic E-state index is 7.81. The molecule has 0 unspecified atom stereocenters. The fourth-order valence-electron chi connectivity index (χ4n) is 17.8. The fraction of sp³-hybridized carbons (Fsp3) is 0.0118. The van der Waals surface area contributed by atoms with E-state index in [2.05, 4.69) is 341 Å². The van der Waals surface area contributed by atoms with Crippen molar-refractivity contribution in [3.8, 4) is 33.8 Å². The molecule has 428 valence electrons. The lowest BCUT2D eigenvalue weighted by Gasteiger charge is -2.51. The van der Waals surface area contributed by atoms with Crippen molar-refractivity contribution in [1.29, 1.82) is 0 Å². The predicted molar refractivity (Wildman–Crippen MR) is 388 cm³/mol. The van der Waals surface area contributed by atoms with Gasteiger partial charge >= 0.3 is 0 Å². The first kappa shape index (κ1) is 51.1. The number of benzene rings is 14. The summed E-state index contributed by atoms with van der Waals surface area (Å²) in [4.78, 5) is 10.2. The van der Waals surface area contributed by atoms with E-state index in [1.54, 1.807) is 0 Å². The minimum absolute atomic E-state index is 0.00538. The summed E-state index contributed by atoms with van der Waals surface area (Å²) in [5.74, 6) is 1.72. The molecule has 1 aliphatic carbocycles. The van der Waals surface area contributed by atoms with Gasteiger partial charge in [-0.05, 0) is 179 Å². The topological polar surface area (TPSA) is 22.2 Å². The molecule has 0 bridgehead atoms. The Bertz CT molecular complexity index is 5440. The van der Waals surface area contributed by atoms with Gasteiger partial charge in [0, 0.05) is 74.3 Å². The lowest BCUT2D eigenvalue weighted by atomic mass is 9.28. The molecule has 0 N–H and O–H groups in total. The van der Waals surface area contributed by atoms with E-state index in [0.29, 0.717) is 0 Å². The summed E-state index contributed by atoms with van der Waals surface area (Å²) >= 11 is 0. The Morgan fingerprint density at radius 2 is 0.667 bits per heavy atom. The van der Waals surface area contributed by atoms with Gasteiger partial charge in [-0.25, -0.2) is 0 Å². The molecule has 0 spiro atoms. The summed E-state index contributed by atoms with van der Waals surface area (Å²) in [7, 11) is 0. The third kappa shape index (κ3) is 6.83. The van der Waals surface area contributed by atoms with E-state index >= 15 is 0 Å². The summed E-state index contributed by atoms with van der Waals surface area (Å²) in [6.45, 7) is -0.291. The highest BCUT2D eigenvalue weighted by Gasteiger charge is 2.53. The number of hydrogen-bond donors (Lipinski definition) is 0. The van der Waals surface area contributed by atoms with E-state index in [-0.39, 0.29) is 20.1 Å². The minimum atomic E-state index is -0.508. The molecule has 0 saturated carbocycles. The van der Waals surface area contributed by atoms with Crippen molar-refractivity contribution >= 4 is 138 Å². The van der Waals surface area contributed by atoms with Gasteiger partial charge in [0.1, 0.15) is 11.5 Å². The van der Waals surface area contributed by atoms with Crippen molar-refractivity contribution in [2.24, 2.45) is 0 Å².